The molecule has 0 bridgehead atoms. The largest absolute Gasteiger partial charge is 0.450 e. The van der Waals surface area contributed by atoms with Crippen molar-refractivity contribution in [2.75, 3.05) is 59.1 Å². The molecule has 0 aromatic rings. The number of nitrogens with one attached hydrogen (secondary N) is 3. The fourth-order valence-corrected chi connectivity index (χ4v) is 1.83. The smallest absolute Gasteiger partial charge is 0.407 e. The SMILES string of the molecule is CCOC(=O)NCCN(CCNC(=O)OCC)CCNC(=O)OCC. The van der Waals surface area contributed by atoms with E-state index in [9.17, 15) is 14.4 Å². The molecule has 0 aromatic carbocycles. The molecule has 0 radical (unpaired) electrons. The van der Waals surface area contributed by atoms with Crippen LogP contribution in [0.2, 0.25) is 0 Å². The highest BCUT2D eigenvalue weighted by atomic mass is 16.6. The summed E-state index contributed by atoms with van der Waals surface area (Å²) in [5.41, 5.74) is 0. The highest BCUT2D eigenvalue weighted by molar-refractivity contribution is 5.67. The van der Waals surface area contributed by atoms with Crippen LogP contribution in [0.5, 0.6) is 0 Å². The molecule has 0 heterocycles. The van der Waals surface area contributed by atoms with E-state index in [1.165, 1.54) is 0 Å². The van der Waals surface area contributed by atoms with Crippen LogP contribution in [0.3, 0.4) is 0 Å². The Morgan fingerprint density at radius 3 is 1.16 bits per heavy atom. The second kappa shape index (κ2) is 15.3. The lowest BCUT2D eigenvalue weighted by atomic mass is 10.4. The van der Waals surface area contributed by atoms with Crippen molar-refractivity contribution in [3.8, 4) is 0 Å². The molecule has 0 rings (SSSR count). The summed E-state index contributed by atoms with van der Waals surface area (Å²) in [6, 6.07) is 0. The first-order valence-electron chi connectivity index (χ1n) is 8.47. The molecule has 3 amide bonds. The Hall–Kier alpha value is -2.23. The van der Waals surface area contributed by atoms with Crippen molar-refractivity contribution in [3.63, 3.8) is 0 Å². The summed E-state index contributed by atoms with van der Waals surface area (Å²) in [4.78, 5) is 35.8. The van der Waals surface area contributed by atoms with E-state index in [1.54, 1.807) is 20.8 Å². The number of rotatable bonds is 12. The topological polar surface area (TPSA) is 118 Å². The predicted molar refractivity (Wildman–Crippen MR) is 91.5 cm³/mol. The van der Waals surface area contributed by atoms with Crippen molar-refractivity contribution in [2.24, 2.45) is 0 Å². The zero-order chi connectivity index (χ0) is 18.9. The summed E-state index contributed by atoms with van der Waals surface area (Å²) in [7, 11) is 0. The number of alkyl carbamates (subject to hydrolysis) is 3. The molecule has 0 spiro atoms. The van der Waals surface area contributed by atoms with E-state index in [1.807, 2.05) is 4.90 Å². The van der Waals surface area contributed by atoms with Gasteiger partial charge in [-0.05, 0) is 20.8 Å². The van der Waals surface area contributed by atoms with Crippen LogP contribution in [-0.4, -0.2) is 82.3 Å². The normalized spacial score (nSPS) is 10.1. The molecule has 146 valence electrons. The molecule has 10 heteroatoms. The van der Waals surface area contributed by atoms with Crippen molar-refractivity contribution >= 4 is 18.3 Å². The zero-order valence-electron chi connectivity index (χ0n) is 15.3. The minimum absolute atomic E-state index is 0.308. The van der Waals surface area contributed by atoms with E-state index in [2.05, 4.69) is 16.0 Å². The molecule has 10 nitrogen and oxygen atoms in total. The van der Waals surface area contributed by atoms with Crippen LogP contribution in [0.25, 0.3) is 0 Å². The first-order chi connectivity index (χ1) is 12.0. The molecule has 25 heavy (non-hydrogen) atoms. The molecule has 0 aliphatic heterocycles. The molecular formula is C15H30N4O6. The Morgan fingerprint density at radius 1 is 0.640 bits per heavy atom. The van der Waals surface area contributed by atoms with Gasteiger partial charge in [-0.15, -0.1) is 0 Å². The molecule has 3 N–H and O–H groups in total. The summed E-state index contributed by atoms with van der Waals surface area (Å²) in [6.45, 7) is 8.88. The molecule has 0 aromatic heterocycles. The van der Waals surface area contributed by atoms with Gasteiger partial charge in [-0.3, -0.25) is 4.90 Å². The lowest BCUT2D eigenvalue weighted by Crippen LogP contribution is -2.43. The summed E-state index contributed by atoms with van der Waals surface area (Å²) < 4.78 is 14.4. The Labute approximate surface area is 148 Å². The zero-order valence-corrected chi connectivity index (χ0v) is 15.3. The number of amides is 3. The summed E-state index contributed by atoms with van der Waals surface area (Å²) in [5.74, 6) is 0. The third kappa shape index (κ3) is 13.9. The van der Waals surface area contributed by atoms with Crippen LogP contribution in [0, 0.1) is 0 Å². The molecule has 0 unspecified atom stereocenters. The third-order valence-electron chi connectivity index (χ3n) is 2.92. The van der Waals surface area contributed by atoms with Crippen molar-refractivity contribution in [1.82, 2.24) is 20.9 Å². The maximum atomic E-state index is 11.3. The summed E-state index contributed by atoms with van der Waals surface area (Å²) in [5, 5.41) is 7.88. The fraction of sp³-hybridized carbons (Fsp3) is 0.800. The minimum Gasteiger partial charge on any atom is -0.450 e. The van der Waals surface area contributed by atoms with Crippen LogP contribution in [0.4, 0.5) is 14.4 Å². The maximum Gasteiger partial charge on any atom is 0.407 e. The highest BCUT2D eigenvalue weighted by Gasteiger charge is 2.09. The van der Waals surface area contributed by atoms with Crippen molar-refractivity contribution in [2.45, 2.75) is 20.8 Å². The van der Waals surface area contributed by atoms with Crippen molar-refractivity contribution in [3.05, 3.63) is 0 Å². The van der Waals surface area contributed by atoms with Crippen LogP contribution in [-0.2, 0) is 14.2 Å². The quantitative estimate of drug-likeness (QED) is 0.433. The van der Waals surface area contributed by atoms with Crippen LogP contribution in [0.15, 0.2) is 0 Å². The average Bonchev–Trinajstić information content (AvgIpc) is 2.55. The Kier molecular flexibility index (Phi) is 13.9. The molecule has 0 aliphatic carbocycles. The third-order valence-corrected chi connectivity index (χ3v) is 2.92. The average molecular weight is 362 g/mol. The van der Waals surface area contributed by atoms with Gasteiger partial charge in [0.25, 0.3) is 0 Å². The van der Waals surface area contributed by atoms with Crippen LogP contribution < -0.4 is 16.0 Å². The molecular weight excluding hydrogens is 332 g/mol. The van der Waals surface area contributed by atoms with Gasteiger partial charge in [0.2, 0.25) is 0 Å². The fourth-order valence-electron chi connectivity index (χ4n) is 1.83. The van der Waals surface area contributed by atoms with Crippen molar-refractivity contribution < 1.29 is 28.6 Å². The van der Waals surface area contributed by atoms with Gasteiger partial charge in [-0.25, -0.2) is 14.4 Å². The lowest BCUT2D eigenvalue weighted by molar-refractivity contribution is 0.147. The number of hydrogen-bond acceptors (Lipinski definition) is 7. The first kappa shape index (κ1) is 22.8. The Balaban J connectivity index is 4.17. The van der Waals surface area contributed by atoms with Gasteiger partial charge in [0.05, 0.1) is 19.8 Å². The van der Waals surface area contributed by atoms with Gasteiger partial charge in [0, 0.05) is 39.3 Å². The monoisotopic (exact) mass is 362 g/mol. The summed E-state index contributed by atoms with van der Waals surface area (Å²) in [6.07, 6.45) is -1.43. The van der Waals surface area contributed by atoms with E-state index < -0.39 is 18.3 Å². The highest BCUT2D eigenvalue weighted by Crippen LogP contribution is 1.88. The number of ether oxygens (including phenoxy) is 3. The second-order valence-electron chi connectivity index (χ2n) is 4.78. The minimum atomic E-state index is -0.475. The van der Waals surface area contributed by atoms with E-state index >= 15 is 0 Å². The van der Waals surface area contributed by atoms with E-state index in [4.69, 9.17) is 14.2 Å². The number of carbonyl (C=O) groups excluding carboxylic acids is 3. The van der Waals surface area contributed by atoms with Gasteiger partial charge in [-0.1, -0.05) is 0 Å². The molecule has 0 fully saturated rings. The first-order valence-corrected chi connectivity index (χ1v) is 8.47. The van der Waals surface area contributed by atoms with Crippen LogP contribution >= 0.6 is 0 Å². The van der Waals surface area contributed by atoms with Gasteiger partial charge in [0.15, 0.2) is 0 Å². The Morgan fingerprint density at radius 2 is 0.920 bits per heavy atom. The van der Waals surface area contributed by atoms with E-state index in [-0.39, 0.29) is 0 Å². The maximum absolute atomic E-state index is 11.3. The van der Waals surface area contributed by atoms with Gasteiger partial charge in [0.1, 0.15) is 0 Å². The van der Waals surface area contributed by atoms with Gasteiger partial charge < -0.3 is 30.2 Å². The molecule has 0 aliphatic rings. The second-order valence-corrected chi connectivity index (χ2v) is 4.78. The van der Waals surface area contributed by atoms with Crippen LogP contribution in [0.1, 0.15) is 20.8 Å². The van der Waals surface area contributed by atoms with E-state index in [0.29, 0.717) is 59.1 Å². The van der Waals surface area contributed by atoms with Gasteiger partial charge >= 0.3 is 18.3 Å². The van der Waals surface area contributed by atoms with Crippen molar-refractivity contribution in [1.29, 1.82) is 0 Å². The standard InChI is InChI=1S/C15H30N4O6/c1-4-23-13(20)16-7-10-19(11-8-17-14(21)24-5-2)12-9-18-15(22)25-6-3/h4-12H2,1-3H3,(H,16,20)(H,17,21)(H,18,22). The number of carbonyl (C=O) groups is 3. The molecule has 0 saturated heterocycles. The lowest BCUT2D eigenvalue weighted by Gasteiger charge is -2.22. The van der Waals surface area contributed by atoms with E-state index in [0.717, 1.165) is 0 Å². The molecule has 0 saturated carbocycles. The number of nitrogens with zero attached hydrogens (tertiary/aromatic N) is 1. The summed E-state index contributed by atoms with van der Waals surface area (Å²) >= 11 is 0. The van der Waals surface area contributed by atoms with Gasteiger partial charge in [-0.2, -0.15) is 0 Å². The molecule has 0 atom stereocenters. The predicted octanol–water partition coefficient (Wildman–Crippen LogP) is 0.527. The Bertz CT molecular complexity index is 337. The number of hydrogen-bond donors (Lipinski definition) is 3.